The van der Waals surface area contributed by atoms with E-state index in [9.17, 15) is 0 Å². The smallest absolute Gasteiger partial charge is 0.0581 e. The van der Waals surface area contributed by atoms with Crippen molar-refractivity contribution in [1.29, 1.82) is 0 Å². The summed E-state index contributed by atoms with van der Waals surface area (Å²) in [6, 6.07) is 0. The summed E-state index contributed by atoms with van der Waals surface area (Å²) in [6.45, 7) is 14.7. The second-order valence-corrected chi connectivity index (χ2v) is 8.08. The van der Waals surface area contributed by atoms with Crippen LogP contribution < -0.4 is 0 Å². The maximum absolute atomic E-state index is 6.09. The number of hydrogen-bond acceptors (Lipinski definition) is 2. The van der Waals surface area contributed by atoms with E-state index in [4.69, 9.17) is 9.47 Å². The van der Waals surface area contributed by atoms with Crippen LogP contribution in [0, 0.1) is 6.92 Å². The van der Waals surface area contributed by atoms with Gasteiger partial charge in [-0.15, -0.1) is 0 Å². The van der Waals surface area contributed by atoms with Crippen molar-refractivity contribution in [2.45, 2.75) is 136 Å². The van der Waals surface area contributed by atoms with E-state index in [1.165, 1.54) is 57.8 Å². The maximum atomic E-state index is 6.09. The quantitative estimate of drug-likeness (QED) is 0.183. The summed E-state index contributed by atoms with van der Waals surface area (Å²) >= 11 is 0. The lowest BCUT2D eigenvalue weighted by atomic mass is 10.0. The zero-order valence-corrected chi connectivity index (χ0v) is 18.5. The molecule has 2 heteroatoms. The topological polar surface area (TPSA) is 18.5 Å². The second-order valence-electron chi connectivity index (χ2n) is 8.08. The largest absolute Gasteiger partial charge is 0.376 e. The summed E-state index contributed by atoms with van der Waals surface area (Å²) in [5.41, 5.74) is 0. The van der Waals surface area contributed by atoms with Gasteiger partial charge in [0, 0.05) is 0 Å². The molecule has 0 rings (SSSR count). The predicted molar refractivity (Wildman–Crippen MR) is 116 cm³/mol. The van der Waals surface area contributed by atoms with Gasteiger partial charge in [0.2, 0.25) is 0 Å². The summed E-state index contributed by atoms with van der Waals surface area (Å²) in [4.78, 5) is 0. The zero-order valence-electron chi connectivity index (χ0n) is 18.5. The third-order valence-corrected chi connectivity index (χ3v) is 4.60. The van der Waals surface area contributed by atoms with E-state index in [0.29, 0.717) is 24.4 Å². The number of hydrogen-bond donors (Lipinski definition) is 0. The first kappa shape index (κ1) is 25.7. The molecule has 0 heterocycles. The molecule has 0 aromatic carbocycles. The third-order valence-electron chi connectivity index (χ3n) is 4.60. The van der Waals surface area contributed by atoms with E-state index < -0.39 is 0 Å². The van der Waals surface area contributed by atoms with Gasteiger partial charge in [-0.05, 0) is 73.1 Å². The van der Waals surface area contributed by atoms with Gasteiger partial charge in [0.25, 0.3) is 0 Å². The standard InChI is InChI=1S/C24H47O2/c1-7-9-11-14-18-24(26-22(5)6)20-16-13-12-15-19-23(17-10-8-2)25-21(3)4/h9,11,21-24H,1,7-8,10,12-20H2,2-6H3. The minimum atomic E-state index is 0.323. The Balaban J connectivity index is 3.93. The van der Waals surface area contributed by atoms with E-state index >= 15 is 0 Å². The molecule has 2 nitrogen and oxygen atoms in total. The van der Waals surface area contributed by atoms with Crippen molar-refractivity contribution in [2.24, 2.45) is 0 Å². The summed E-state index contributed by atoms with van der Waals surface area (Å²) < 4.78 is 12.2. The van der Waals surface area contributed by atoms with Crippen LogP contribution in [-0.2, 0) is 9.47 Å². The van der Waals surface area contributed by atoms with Crippen LogP contribution in [-0.4, -0.2) is 24.4 Å². The van der Waals surface area contributed by atoms with Gasteiger partial charge in [0.15, 0.2) is 0 Å². The zero-order chi connectivity index (χ0) is 19.6. The molecule has 0 amide bonds. The molecule has 0 aliphatic heterocycles. The second kappa shape index (κ2) is 18.0. The van der Waals surface area contributed by atoms with E-state index in [0.717, 1.165) is 19.3 Å². The van der Waals surface area contributed by atoms with Gasteiger partial charge in [-0.1, -0.05) is 57.6 Å². The van der Waals surface area contributed by atoms with Crippen molar-refractivity contribution < 1.29 is 9.47 Å². The lowest BCUT2D eigenvalue weighted by Crippen LogP contribution is -2.18. The molecule has 0 aliphatic carbocycles. The van der Waals surface area contributed by atoms with Crippen LogP contribution in [0.5, 0.6) is 0 Å². The maximum Gasteiger partial charge on any atom is 0.0581 e. The molecular weight excluding hydrogens is 320 g/mol. The Morgan fingerprint density at radius 1 is 0.692 bits per heavy atom. The van der Waals surface area contributed by atoms with Crippen molar-refractivity contribution in [2.75, 3.05) is 0 Å². The highest BCUT2D eigenvalue weighted by Gasteiger charge is 2.12. The molecule has 2 atom stereocenters. The first-order valence-corrected chi connectivity index (χ1v) is 11.2. The van der Waals surface area contributed by atoms with Crippen molar-refractivity contribution >= 4 is 0 Å². The van der Waals surface area contributed by atoms with Gasteiger partial charge in [-0.25, -0.2) is 0 Å². The molecule has 155 valence electrons. The van der Waals surface area contributed by atoms with Crippen LogP contribution in [0.1, 0.15) is 112 Å². The Morgan fingerprint density at radius 2 is 1.19 bits per heavy atom. The first-order valence-electron chi connectivity index (χ1n) is 11.2. The Kier molecular flexibility index (Phi) is 17.8. The summed E-state index contributed by atoms with van der Waals surface area (Å²) in [7, 11) is 0. The molecule has 0 aromatic heterocycles. The van der Waals surface area contributed by atoms with Crippen LogP contribution in [0.3, 0.4) is 0 Å². The van der Waals surface area contributed by atoms with Gasteiger partial charge < -0.3 is 9.47 Å². The minimum absolute atomic E-state index is 0.323. The van der Waals surface area contributed by atoms with Gasteiger partial charge in [0.05, 0.1) is 24.4 Å². The fraction of sp³-hybridized carbons (Fsp3) is 0.875. The Morgan fingerprint density at radius 3 is 1.65 bits per heavy atom. The molecule has 0 spiro atoms. The Labute approximate surface area is 165 Å². The minimum Gasteiger partial charge on any atom is -0.376 e. The molecule has 0 aliphatic rings. The molecule has 1 radical (unpaired) electrons. The highest BCUT2D eigenvalue weighted by Crippen LogP contribution is 2.18. The lowest BCUT2D eigenvalue weighted by molar-refractivity contribution is -0.00528. The SMILES string of the molecule is [CH2]CC=CCCC(CCCCCCC(CCCC)OC(C)C)OC(C)C. The average Bonchev–Trinajstić information content (AvgIpc) is 2.58. The summed E-state index contributed by atoms with van der Waals surface area (Å²) in [5.74, 6) is 0. The third kappa shape index (κ3) is 17.1. The van der Waals surface area contributed by atoms with Crippen LogP contribution in [0.2, 0.25) is 0 Å². The number of unbranched alkanes of at least 4 members (excludes halogenated alkanes) is 4. The number of ether oxygens (including phenoxy) is 2. The Hall–Kier alpha value is -0.340. The van der Waals surface area contributed by atoms with Gasteiger partial charge in [-0.2, -0.15) is 0 Å². The number of allylic oxidation sites excluding steroid dienone is 2. The monoisotopic (exact) mass is 367 g/mol. The summed E-state index contributed by atoms with van der Waals surface area (Å²) in [5, 5.41) is 0. The van der Waals surface area contributed by atoms with E-state index in [-0.39, 0.29) is 0 Å². The Bertz CT molecular complexity index is 309. The van der Waals surface area contributed by atoms with Crippen LogP contribution in [0.4, 0.5) is 0 Å². The molecule has 0 N–H and O–H groups in total. The summed E-state index contributed by atoms with van der Waals surface area (Å²) in [6.07, 6.45) is 20.5. The highest BCUT2D eigenvalue weighted by atomic mass is 16.5. The van der Waals surface area contributed by atoms with E-state index in [1.54, 1.807) is 0 Å². The molecule has 0 aromatic rings. The fourth-order valence-electron chi connectivity index (χ4n) is 3.38. The van der Waals surface area contributed by atoms with E-state index in [1.807, 2.05) is 0 Å². The predicted octanol–water partition coefficient (Wildman–Crippen LogP) is 7.66. The average molecular weight is 368 g/mol. The van der Waals surface area contributed by atoms with Gasteiger partial charge >= 0.3 is 0 Å². The number of rotatable bonds is 18. The normalized spacial score (nSPS) is 14.6. The molecule has 0 fully saturated rings. The molecular formula is C24H47O2. The fourth-order valence-corrected chi connectivity index (χ4v) is 3.38. The van der Waals surface area contributed by atoms with Crippen molar-refractivity contribution in [1.82, 2.24) is 0 Å². The highest BCUT2D eigenvalue weighted by molar-refractivity contribution is 4.83. The van der Waals surface area contributed by atoms with Gasteiger partial charge in [0.1, 0.15) is 0 Å². The van der Waals surface area contributed by atoms with Crippen LogP contribution in [0.15, 0.2) is 12.2 Å². The van der Waals surface area contributed by atoms with Gasteiger partial charge in [-0.3, -0.25) is 0 Å². The molecule has 2 unspecified atom stereocenters. The van der Waals surface area contributed by atoms with E-state index in [2.05, 4.69) is 53.7 Å². The molecule has 26 heavy (non-hydrogen) atoms. The van der Waals surface area contributed by atoms with Crippen molar-refractivity contribution in [3.63, 3.8) is 0 Å². The molecule has 0 saturated heterocycles. The molecule has 0 saturated carbocycles. The first-order chi connectivity index (χ1) is 12.5. The van der Waals surface area contributed by atoms with Crippen LogP contribution >= 0.6 is 0 Å². The van der Waals surface area contributed by atoms with Crippen LogP contribution in [0.25, 0.3) is 0 Å². The van der Waals surface area contributed by atoms with Crippen molar-refractivity contribution in [3.8, 4) is 0 Å². The molecule has 0 bridgehead atoms. The lowest BCUT2D eigenvalue weighted by Gasteiger charge is -2.21. The van der Waals surface area contributed by atoms with Crippen molar-refractivity contribution in [3.05, 3.63) is 19.1 Å².